The van der Waals surface area contributed by atoms with Gasteiger partial charge in [0.2, 0.25) is 0 Å². The molecule has 3 amide bonds. The summed E-state index contributed by atoms with van der Waals surface area (Å²) >= 11 is 4.67. The number of aromatic nitrogens is 4. The lowest BCUT2D eigenvalue weighted by molar-refractivity contribution is -0.121. The Labute approximate surface area is 452 Å². The first kappa shape index (κ1) is 54.4. The zero-order valence-corrected chi connectivity index (χ0v) is 45.2. The third kappa shape index (κ3) is 15.1. The summed E-state index contributed by atoms with van der Waals surface area (Å²) in [6.45, 7) is 4.63. The number of ketones is 1. The highest BCUT2D eigenvalue weighted by molar-refractivity contribution is 14.1. The van der Waals surface area contributed by atoms with Crippen molar-refractivity contribution in [3.8, 4) is 0 Å². The van der Waals surface area contributed by atoms with Gasteiger partial charge in [0.05, 0.1) is 45.7 Å². The number of urea groups is 1. The van der Waals surface area contributed by atoms with E-state index in [0.717, 1.165) is 43.4 Å². The van der Waals surface area contributed by atoms with Gasteiger partial charge in [-0.15, -0.1) is 22.7 Å². The fraction of sp³-hybridized carbons (Fsp3) is 0.276. The Balaban J connectivity index is 0.00000385. The van der Waals surface area contributed by atoms with E-state index in [2.05, 4.69) is 100 Å². The van der Waals surface area contributed by atoms with Gasteiger partial charge >= 0.3 is 12.1 Å². The number of halogens is 1. The van der Waals surface area contributed by atoms with Gasteiger partial charge in [-0.05, 0) is 59.4 Å². The SMILES string of the molecule is CC(C)c1nc(CN(C)C(=O)N[C@@H](Cc2cn(C(c3ccccc3)(c3ccccc3)c3ccccc3)cn2)C(=O)C[C@@H](CC[C@@H](Cc2ccccc2)NC(=O)OCc2cncs2)Cc2ccccc2)cs1.[B]I. The van der Waals surface area contributed by atoms with Crippen molar-refractivity contribution in [3.63, 3.8) is 0 Å². The molecule has 0 fully saturated rings. The van der Waals surface area contributed by atoms with Gasteiger partial charge in [0.25, 0.3) is 0 Å². The number of nitrogens with zero attached hydrogens (tertiary/aromatic N) is 5. The lowest BCUT2D eigenvalue weighted by Crippen LogP contribution is -2.48. The highest BCUT2D eigenvalue weighted by atomic mass is 127. The second kappa shape index (κ2) is 27.6. The van der Waals surface area contributed by atoms with Crippen LogP contribution in [0.15, 0.2) is 181 Å². The highest BCUT2D eigenvalue weighted by Crippen LogP contribution is 2.41. The third-order valence-corrected chi connectivity index (χ3v) is 14.7. The molecule has 0 aliphatic carbocycles. The maximum absolute atomic E-state index is 15.1. The number of hydrogen-bond acceptors (Lipinski definition) is 9. The van der Waals surface area contributed by atoms with Crippen molar-refractivity contribution in [2.24, 2.45) is 5.92 Å². The number of thiazole rings is 2. The normalized spacial score (nSPS) is 12.5. The van der Waals surface area contributed by atoms with E-state index >= 15 is 4.79 Å². The summed E-state index contributed by atoms with van der Waals surface area (Å²) in [7, 11) is 1.73. The molecule has 3 aromatic heterocycles. The summed E-state index contributed by atoms with van der Waals surface area (Å²) in [5.41, 5.74) is 12.1. The van der Waals surface area contributed by atoms with E-state index in [0.29, 0.717) is 31.4 Å². The van der Waals surface area contributed by atoms with E-state index in [-0.39, 0.29) is 55.7 Å². The summed E-state index contributed by atoms with van der Waals surface area (Å²) < 4.78 is 7.76. The standard InChI is InChI=1S/C58H61N7O4S2.BI/c1-42(2)55-61-51(39-70-55)36-64(3)56(67)63-53(34-50-37-65(40-60-50)58(46-23-13-6-14-24-46,47-25-15-7-16-26-47)48-27-17-8-18-28-48)54(66)33-45(31-43-19-9-4-10-20-43)29-30-49(32-44-21-11-5-12-22-44)62-57(68)69-38-52-35-59-41-71-52;1-2/h4-28,35,37,39-42,45,49,53H,29-34,36,38H2,1-3H3,(H,62,68)(H,63,67);/t45-,49-,53-;/m0./s1. The number of imidazole rings is 1. The minimum Gasteiger partial charge on any atom is -0.444 e. The second-order valence-corrected chi connectivity index (χ2v) is 20.2. The van der Waals surface area contributed by atoms with Gasteiger partial charge in [-0.1, -0.05) is 166 Å². The quantitative estimate of drug-likeness (QED) is 0.0370. The number of carbonyl (C=O) groups excluding carboxylic acids is 3. The summed E-state index contributed by atoms with van der Waals surface area (Å²) in [6.07, 6.45) is 7.82. The fourth-order valence-electron chi connectivity index (χ4n) is 9.20. The maximum atomic E-state index is 15.1. The minimum absolute atomic E-state index is 0.102. The van der Waals surface area contributed by atoms with Gasteiger partial charge in [0, 0.05) is 49.6 Å². The van der Waals surface area contributed by atoms with Crippen molar-refractivity contribution in [1.82, 2.24) is 35.1 Å². The van der Waals surface area contributed by atoms with Crippen LogP contribution in [0.2, 0.25) is 0 Å². The van der Waals surface area contributed by atoms with Crippen molar-refractivity contribution in [1.29, 1.82) is 0 Å². The molecule has 0 aliphatic heterocycles. The van der Waals surface area contributed by atoms with Crippen LogP contribution in [-0.4, -0.2) is 67.2 Å². The van der Waals surface area contributed by atoms with Gasteiger partial charge in [0.1, 0.15) is 12.1 Å². The molecule has 3 atom stereocenters. The second-order valence-electron chi connectivity index (χ2n) is 18.4. The average molecular weight is 1120 g/mol. The molecule has 15 heteroatoms. The van der Waals surface area contributed by atoms with Crippen LogP contribution in [0.5, 0.6) is 0 Å². The molecule has 0 saturated heterocycles. The summed E-state index contributed by atoms with van der Waals surface area (Å²) in [4.78, 5) is 59.0. The average Bonchev–Trinajstić information content (AvgIpc) is 4.24. The molecule has 0 spiro atoms. The summed E-state index contributed by atoms with van der Waals surface area (Å²) in [6, 6.07) is 49.8. The Kier molecular flexibility index (Phi) is 20.5. The van der Waals surface area contributed by atoms with Crippen LogP contribution in [0.4, 0.5) is 9.59 Å². The number of rotatable bonds is 23. The van der Waals surface area contributed by atoms with E-state index in [1.165, 1.54) is 11.3 Å². The molecule has 8 aromatic rings. The Morgan fingerprint density at radius 2 is 1.29 bits per heavy atom. The van der Waals surface area contributed by atoms with Crippen LogP contribution in [0.1, 0.15) is 88.1 Å². The van der Waals surface area contributed by atoms with Gasteiger partial charge < -0.3 is 24.8 Å². The predicted molar refractivity (Wildman–Crippen MR) is 302 cm³/mol. The number of hydrogen-bond donors (Lipinski definition) is 2. The molecule has 5 aromatic carbocycles. The topological polar surface area (TPSA) is 131 Å². The van der Waals surface area contributed by atoms with Crippen LogP contribution in [-0.2, 0) is 47.5 Å². The van der Waals surface area contributed by atoms with Crippen molar-refractivity contribution in [3.05, 3.63) is 230 Å². The first-order valence-corrected chi connectivity index (χ1v) is 27.4. The summed E-state index contributed by atoms with van der Waals surface area (Å²) in [5.74, 6) is 0.0459. The molecule has 0 bridgehead atoms. The maximum Gasteiger partial charge on any atom is 0.407 e. The fourth-order valence-corrected chi connectivity index (χ4v) is 10.5. The number of ether oxygens (including phenoxy) is 1. The molecule has 0 saturated carbocycles. The zero-order chi connectivity index (χ0) is 51.4. The van der Waals surface area contributed by atoms with E-state index in [1.54, 1.807) is 57.4 Å². The number of benzene rings is 5. The van der Waals surface area contributed by atoms with Crippen LogP contribution in [0.25, 0.3) is 0 Å². The minimum atomic E-state index is -0.909. The van der Waals surface area contributed by atoms with Gasteiger partial charge in [-0.3, -0.25) is 9.78 Å². The number of nitrogens with one attached hydrogen (secondary N) is 2. The van der Waals surface area contributed by atoms with Crippen LogP contribution in [0.3, 0.4) is 0 Å². The van der Waals surface area contributed by atoms with Gasteiger partial charge in [-0.25, -0.2) is 19.6 Å². The number of carbonyl (C=O) groups is 3. The molecule has 8 rings (SSSR count). The van der Waals surface area contributed by atoms with E-state index in [9.17, 15) is 9.59 Å². The van der Waals surface area contributed by atoms with Crippen molar-refractivity contribution < 1.29 is 19.1 Å². The molecule has 2 radical (unpaired) electrons. The van der Waals surface area contributed by atoms with E-state index in [4.69, 9.17) is 14.7 Å². The molecular weight excluding hydrogens is 1060 g/mol. The monoisotopic (exact) mass is 1120 g/mol. The van der Waals surface area contributed by atoms with E-state index < -0.39 is 17.7 Å². The lowest BCUT2D eigenvalue weighted by atomic mass is 9.77. The van der Waals surface area contributed by atoms with Crippen molar-refractivity contribution >= 4 is 68.7 Å². The molecule has 0 aliphatic rings. The number of alkyl carbamates (subject to hydrolysis) is 1. The summed E-state index contributed by atoms with van der Waals surface area (Å²) in [5, 5.41) is 9.29. The predicted octanol–water partition coefficient (Wildman–Crippen LogP) is 12.2. The van der Waals surface area contributed by atoms with Crippen molar-refractivity contribution in [2.75, 3.05) is 7.05 Å². The highest BCUT2D eigenvalue weighted by Gasteiger charge is 2.39. The number of Topliss-reactive ketones (excluding diaryl/α,β-unsaturated/α-hetero) is 1. The van der Waals surface area contributed by atoms with Crippen LogP contribution in [0, 0.1) is 5.92 Å². The zero-order valence-electron chi connectivity index (χ0n) is 41.4. The van der Waals surface area contributed by atoms with Gasteiger partial charge in [0.15, 0.2) is 11.5 Å². The molecule has 0 unspecified atom stereocenters. The van der Waals surface area contributed by atoms with Gasteiger partial charge in [-0.2, -0.15) is 22.4 Å². The lowest BCUT2D eigenvalue weighted by Gasteiger charge is -2.37. The largest absolute Gasteiger partial charge is 0.444 e. The molecule has 3 heterocycles. The first-order chi connectivity index (χ1) is 35.6. The van der Waals surface area contributed by atoms with Crippen molar-refractivity contribution in [2.45, 2.75) is 89.1 Å². The molecule has 11 nitrogen and oxygen atoms in total. The van der Waals surface area contributed by atoms with Crippen LogP contribution >= 0.6 is 45.0 Å². The molecule has 73 heavy (non-hydrogen) atoms. The Hall–Kier alpha value is -6.43. The molecular formula is C58H61BIN7O4S2. The Bertz CT molecular complexity index is 2800. The third-order valence-electron chi connectivity index (χ3n) is 12.8. The smallest absolute Gasteiger partial charge is 0.407 e. The first-order valence-electron chi connectivity index (χ1n) is 24.4. The number of amides is 3. The Morgan fingerprint density at radius 3 is 1.82 bits per heavy atom. The molecule has 2 N–H and O–H groups in total. The van der Waals surface area contributed by atoms with Crippen LogP contribution < -0.4 is 10.6 Å². The Morgan fingerprint density at radius 1 is 0.726 bits per heavy atom. The molecule has 374 valence electrons. The van der Waals surface area contributed by atoms with E-state index in [1.807, 2.05) is 109 Å².